The molecule has 190 valence electrons. The molecule has 37 heavy (non-hydrogen) atoms. The Hall–Kier alpha value is -3.91. The molecule has 0 N–H and O–H groups in total. The minimum atomic E-state index is -0.222. The molecule has 0 saturated carbocycles. The van der Waals surface area contributed by atoms with Crippen molar-refractivity contribution in [1.82, 2.24) is 14.8 Å². The van der Waals surface area contributed by atoms with Crippen molar-refractivity contribution in [3.05, 3.63) is 105 Å². The summed E-state index contributed by atoms with van der Waals surface area (Å²) in [6.07, 6.45) is 2.14. The van der Waals surface area contributed by atoms with E-state index in [4.69, 9.17) is 9.15 Å². The zero-order valence-corrected chi connectivity index (χ0v) is 21.9. The highest BCUT2D eigenvalue weighted by Gasteiger charge is 2.33. The fraction of sp³-hybridized carbons (Fsp3) is 0.276. The molecule has 3 heterocycles. The molecule has 2 amide bonds. The number of benzene rings is 2. The molecule has 2 aromatic carbocycles. The Balaban J connectivity index is 1.39. The van der Waals surface area contributed by atoms with Crippen molar-refractivity contribution < 1.29 is 18.7 Å². The molecule has 0 aliphatic carbocycles. The van der Waals surface area contributed by atoms with Crippen molar-refractivity contribution in [2.75, 3.05) is 13.6 Å². The van der Waals surface area contributed by atoms with Crippen LogP contribution in [0.2, 0.25) is 0 Å². The van der Waals surface area contributed by atoms with Crippen LogP contribution in [0.3, 0.4) is 0 Å². The highest BCUT2D eigenvalue weighted by atomic mass is 32.1. The van der Waals surface area contributed by atoms with Gasteiger partial charge in [-0.1, -0.05) is 42.5 Å². The standard InChI is InChI=1S/C29H29N3O4S/c1-19(2)31(3)28(33)24-17-36-26(30-24)18-35-22-12-11-20-13-14-32(29(34)25-10-7-15-37-25)27(23(20)16-22)21-8-5-4-6-9-21/h4-12,15-17,19,27H,13-14,18H2,1-3H3. The highest BCUT2D eigenvalue weighted by molar-refractivity contribution is 7.12. The Bertz CT molecular complexity index is 1380. The van der Waals surface area contributed by atoms with Gasteiger partial charge in [-0.25, -0.2) is 4.98 Å². The van der Waals surface area contributed by atoms with E-state index >= 15 is 0 Å². The van der Waals surface area contributed by atoms with E-state index in [1.165, 1.54) is 23.2 Å². The maximum atomic E-state index is 13.5. The molecule has 0 fully saturated rings. The van der Waals surface area contributed by atoms with Gasteiger partial charge in [0.1, 0.15) is 12.0 Å². The average Bonchev–Trinajstić information content (AvgIpc) is 3.63. The van der Waals surface area contributed by atoms with Gasteiger partial charge in [0.15, 0.2) is 12.3 Å². The highest BCUT2D eigenvalue weighted by Crippen LogP contribution is 2.38. The monoisotopic (exact) mass is 515 g/mol. The van der Waals surface area contributed by atoms with E-state index in [2.05, 4.69) is 23.2 Å². The first kappa shape index (κ1) is 24.8. The van der Waals surface area contributed by atoms with Crippen LogP contribution in [0.5, 0.6) is 5.75 Å². The van der Waals surface area contributed by atoms with Crippen molar-refractivity contribution >= 4 is 23.2 Å². The van der Waals surface area contributed by atoms with Crippen molar-refractivity contribution in [2.24, 2.45) is 0 Å². The van der Waals surface area contributed by atoms with Crippen LogP contribution in [-0.2, 0) is 13.0 Å². The summed E-state index contributed by atoms with van der Waals surface area (Å²) in [6, 6.07) is 19.7. The number of aromatic nitrogens is 1. The smallest absolute Gasteiger partial charge is 0.275 e. The molecule has 1 atom stereocenters. The topological polar surface area (TPSA) is 75.9 Å². The molecular formula is C29H29N3O4S. The van der Waals surface area contributed by atoms with Crippen molar-refractivity contribution in [3.8, 4) is 5.75 Å². The molecule has 1 aliphatic rings. The Morgan fingerprint density at radius 3 is 2.70 bits per heavy atom. The number of nitrogens with zero attached hydrogens (tertiary/aromatic N) is 3. The predicted octanol–water partition coefficient (Wildman–Crippen LogP) is 5.58. The summed E-state index contributed by atoms with van der Waals surface area (Å²) >= 11 is 1.46. The molecule has 4 aromatic rings. The van der Waals surface area contributed by atoms with Gasteiger partial charge < -0.3 is 19.0 Å². The third-order valence-electron chi connectivity index (χ3n) is 6.68. The summed E-state index contributed by atoms with van der Waals surface area (Å²) in [4.78, 5) is 34.6. The molecule has 8 heteroatoms. The number of thiophene rings is 1. The molecular weight excluding hydrogens is 486 g/mol. The molecule has 1 unspecified atom stereocenters. The van der Waals surface area contributed by atoms with E-state index in [0.717, 1.165) is 22.4 Å². The second kappa shape index (κ2) is 10.6. The number of hydrogen-bond donors (Lipinski definition) is 0. The van der Waals surface area contributed by atoms with E-state index in [0.29, 0.717) is 18.2 Å². The minimum Gasteiger partial charge on any atom is -0.484 e. The van der Waals surface area contributed by atoms with Crippen LogP contribution in [0.25, 0.3) is 0 Å². The number of carbonyl (C=O) groups is 2. The third kappa shape index (κ3) is 5.15. The number of amides is 2. The summed E-state index contributed by atoms with van der Waals surface area (Å²) in [6.45, 7) is 4.61. The van der Waals surface area contributed by atoms with Crippen LogP contribution in [0.1, 0.15) is 62.6 Å². The summed E-state index contributed by atoms with van der Waals surface area (Å²) in [5.74, 6) is 0.812. The zero-order valence-electron chi connectivity index (χ0n) is 21.1. The largest absolute Gasteiger partial charge is 0.484 e. The number of carbonyl (C=O) groups excluding carboxylic acids is 2. The quantitative estimate of drug-likeness (QED) is 0.321. The number of ether oxygens (including phenoxy) is 1. The molecule has 1 aliphatic heterocycles. The van der Waals surface area contributed by atoms with Crippen molar-refractivity contribution in [2.45, 2.75) is 39.0 Å². The lowest BCUT2D eigenvalue weighted by molar-refractivity contribution is 0.0698. The van der Waals surface area contributed by atoms with Gasteiger partial charge in [0, 0.05) is 19.6 Å². The van der Waals surface area contributed by atoms with Gasteiger partial charge in [-0.05, 0) is 60.5 Å². The fourth-order valence-electron chi connectivity index (χ4n) is 4.47. The molecule has 0 bridgehead atoms. The third-order valence-corrected chi connectivity index (χ3v) is 7.54. The van der Waals surface area contributed by atoms with E-state index in [9.17, 15) is 9.59 Å². The van der Waals surface area contributed by atoms with Gasteiger partial charge in [0.25, 0.3) is 11.8 Å². The number of rotatable bonds is 7. The Kier molecular flexibility index (Phi) is 7.10. The van der Waals surface area contributed by atoms with E-state index in [1.807, 2.05) is 66.6 Å². The van der Waals surface area contributed by atoms with E-state index < -0.39 is 0 Å². The number of oxazole rings is 1. The van der Waals surface area contributed by atoms with Crippen LogP contribution < -0.4 is 4.74 Å². The summed E-state index contributed by atoms with van der Waals surface area (Å²) in [5.41, 5.74) is 3.54. The first-order valence-electron chi connectivity index (χ1n) is 12.3. The first-order valence-corrected chi connectivity index (χ1v) is 13.2. The van der Waals surface area contributed by atoms with Crippen molar-refractivity contribution in [1.29, 1.82) is 0 Å². The normalized spacial score (nSPS) is 14.9. The summed E-state index contributed by atoms with van der Waals surface area (Å²) < 4.78 is 11.5. The van der Waals surface area contributed by atoms with Crippen LogP contribution in [-0.4, -0.2) is 46.2 Å². The van der Waals surface area contributed by atoms with Crippen LogP contribution in [0, 0.1) is 0 Å². The van der Waals surface area contributed by atoms with E-state index in [1.54, 1.807) is 11.9 Å². The van der Waals surface area contributed by atoms with Crippen molar-refractivity contribution in [3.63, 3.8) is 0 Å². The Morgan fingerprint density at radius 2 is 1.97 bits per heavy atom. The van der Waals surface area contributed by atoms with Gasteiger partial charge in [0.2, 0.25) is 5.89 Å². The lowest BCUT2D eigenvalue weighted by Gasteiger charge is -2.37. The zero-order chi connectivity index (χ0) is 25.9. The maximum absolute atomic E-state index is 13.5. The van der Waals surface area contributed by atoms with Gasteiger partial charge in [-0.3, -0.25) is 9.59 Å². The summed E-state index contributed by atoms with van der Waals surface area (Å²) in [5, 5.41) is 1.93. The van der Waals surface area contributed by atoms with Crippen LogP contribution in [0.15, 0.2) is 76.7 Å². The second-order valence-electron chi connectivity index (χ2n) is 9.32. The Labute approximate surface area is 220 Å². The molecule has 0 saturated heterocycles. The lowest BCUT2D eigenvalue weighted by Crippen LogP contribution is -2.40. The molecule has 0 radical (unpaired) electrons. The van der Waals surface area contributed by atoms with Gasteiger partial charge in [-0.2, -0.15) is 0 Å². The molecule has 2 aromatic heterocycles. The Morgan fingerprint density at radius 1 is 1.16 bits per heavy atom. The van der Waals surface area contributed by atoms with Gasteiger partial charge in [-0.15, -0.1) is 11.3 Å². The molecule has 5 rings (SSSR count). The van der Waals surface area contributed by atoms with Crippen LogP contribution >= 0.6 is 11.3 Å². The van der Waals surface area contributed by atoms with Gasteiger partial charge in [0.05, 0.1) is 10.9 Å². The summed E-state index contributed by atoms with van der Waals surface area (Å²) in [7, 11) is 1.74. The predicted molar refractivity (Wildman–Crippen MR) is 142 cm³/mol. The molecule has 0 spiro atoms. The minimum absolute atomic E-state index is 0.0316. The lowest BCUT2D eigenvalue weighted by atomic mass is 9.88. The second-order valence-corrected chi connectivity index (χ2v) is 10.3. The number of hydrogen-bond acceptors (Lipinski definition) is 6. The maximum Gasteiger partial charge on any atom is 0.275 e. The number of fused-ring (bicyclic) bond motifs is 1. The van der Waals surface area contributed by atoms with E-state index in [-0.39, 0.29) is 36.2 Å². The average molecular weight is 516 g/mol. The fourth-order valence-corrected chi connectivity index (χ4v) is 5.15. The van der Waals surface area contributed by atoms with Crippen LogP contribution in [0.4, 0.5) is 0 Å². The first-order chi connectivity index (χ1) is 17.9. The SMILES string of the molecule is CC(C)N(C)C(=O)c1coc(COc2ccc3c(c2)C(c2ccccc2)N(C(=O)c2cccs2)CC3)n1. The van der Waals surface area contributed by atoms with Gasteiger partial charge >= 0.3 is 0 Å². The molecule has 7 nitrogen and oxygen atoms in total.